The van der Waals surface area contributed by atoms with E-state index in [0.29, 0.717) is 5.58 Å². The standard InChI is InChI=1S/C12H13NO3/c1-12(5-6-15-12)8-3-4-9-10(7-8)16-11(14)13(9)2/h3-4,7H,5-6H2,1-2H3. The molecule has 1 unspecified atom stereocenters. The summed E-state index contributed by atoms with van der Waals surface area (Å²) in [6, 6.07) is 5.80. The third-order valence-electron chi connectivity index (χ3n) is 3.40. The van der Waals surface area contributed by atoms with Crippen LogP contribution >= 0.6 is 0 Å². The Morgan fingerprint density at radius 1 is 1.44 bits per heavy atom. The normalized spacial score (nSPS) is 24.6. The Balaban J connectivity index is 2.20. The monoisotopic (exact) mass is 219 g/mol. The summed E-state index contributed by atoms with van der Waals surface area (Å²) in [6.45, 7) is 2.85. The number of fused-ring (bicyclic) bond motifs is 1. The van der Waals surface area contributed by atoms with Gasteiger partial charge in [0.25, 0.3) is 0 Å². The summed E-state index contributed by atoms with van der Waals surface area (Å²) in [7, 11) is 1.70. The highest BCUT2D eigenvalue weighted by molar-refractivity contribution is 5.74. The van der Waals surface area contributed by atoms with Crippen molar-refractivity contribution >= 4 is 11.1 Å². The maximum Gasteiger partial charge on any atom is 0.419 e. The van der Waals surface area contributed by atoms with Crippen LogP contribution in [-0.4, -0.2) is 11.2 Å². The molecule has 84 valence electrons. The Bertz CT molecular complexity index is 604. The average Bonchev–Trinajstić information content (AvgIpc) is 2.51. The first kappa shape index (κ1) is 9.66. The largest absolute Gasteiger partial charge is 0.419 e. The van der Waals surface area contributed by atoms with Gasteiger partial charge in [-0.1, -0.05) is 6.07 Å². The summed E-state index contributed by atoms with van der Waals surface area (Å²) in [5.74, 6) is -0.327. The van der Waals surface area contributed by atoms with Crippen molar-refractivity contribution in [2.75, 3.05) is 6.61 Å². The van der Waals surface area contributed by atoms with Crippen LogP contribution in [0.2, 0.25) is 0 Å². The molecular weight excluding hydrogens is 206 g/mol. The molecule has 16 heavy (non-hydrogen) atoms. The van der Waals surface area contributed by atoms with Crippen LogP contribution < -0.4 is 5.76 Å². The molecule has 0 aliphatic carbocycles. The molecule has 2 heterocycles. The van der Waals surface area contributed by atoms with Crippen molar-refractivity contribution in [2.24, 2.45) is 7.05 Å². The third kappa shape index (κ3) is 1.16. The molecule has 1 saturated heterocycles. The van der Waals surface area contributed by atoms with Gasteiger partial charge in [-0.3, -0.25) is 4.57 Å². The minimum Gasteiger partial charge on any atom is -0.408 e. The van der Waals surface area contributed by atoms with Crippen molar-refractivity contribution in [1.82, 2.24) is 4.57 Å². The van der Waals surface area contributed by atoms with Gasteiger partial charge in [-0.2, -0.15) is 0 Å². The number of hydrogen-bond donors (Lipinski definition) is 0. The minimum atomic E-state index is -0.327. The zero-order chi connectivity index (χ0) is 11.3. The van der Waals surface area contributed by atoms with Gasteiger partial charge >= 0.3 is 5.76 Å². The molecule has 0 bridgehead atoms. The van der Waals surface area contributed by atoms with Crippen molar-refractivity contribution in [1.29, 1.82) is 0 Å². The van der Waals surface area contributed by atoms with Crippen molar-refractivity contribution in [3.8, 4) is 0 Å². The van der Waals surface area contributed by atoms with Crippen LogP contribution in [0.15, 0.2) is 27.4 Å². The Hall–Kier alpha value is -1.55. The zero-order valence-electron chi connectivity index (χ0n) is 9.32. The predicted octanol–water partition coefficient (Wildman–Crippen LogP) is 1.77. The van der Waals surface area contributed by atoms with Crippen LogP contribution in [0.5, 0.6) is 0 Å². The quantitative estimate of drug-likeness (QED) is 0.734. The predicted molar refractivity (Wildman–Crippen MR) is 59.4 cm³/mol. The Kier molecular flexibility index (Phi) is 1.80. The van der Waals surface area contributed by atoms with E-state index in [0.717, 1.165) is 24.1 Å². The van der Waals surface area contributed by atoms with Gasteiger partial charge in [-0.25, -0.2) is 4.79 Å². The van der Waals surface area contributed by atoms with Crippen molar-refractivity contribution in [3.05, 3.63) is 34.3 Å². The highest BCUT2D eigenvalue weighted by Crippen LogP contribution is 2.37. The molecule has 4 nitrogen and oxygen atoms in total. The maximum absolute atomic E-state index is 11.3. The number of benzene rings is 1. The summed E-state index contributed by atoms with van der Waals surface area (Å²) in [4.78, 5) is 11.3. The molecule has 0 amide bonds. The van der Waals surface area contributed by atoms with Gasteiger partial charge < -0.3 is 9.15 Å². The number of rotatable bonds is 1. The number of ether oxygens (including phenoxy) is 1. The molecule has 0 N–H and O–H groups in total. The number of aryl methyl sites for hydroxylation is 1. The molecule has 1 aromatic carbocycles. The number of nitrogens with zero attached hydrogens (tertiary/aromatic N) is 1. The lowest BCUT2D eigenvalue weighted by molar-refractivity contribution is -0.140. The molecule has 0 spiro atoms. The van der Waals surface area contributed by atoms with Gasteiger partial charge in [0, 0.05) is 13.5 Å². The first-order valence-corrected chi connectivity index (χ1v) is 5.34. The number of oxazole rings is 1. The Morgan fingerprint density at radius 3 is 2.81 bits per heavy atom. The van der Waals surface area contributed by atoms with E-state index in [-0.39, 0.29) is 11.4 Å². The average molecular weight is 219 g/mol. The summed E-state index contributed by atoms with van der Waals surface area (Å²) >= 11 is 0. The topological polar surface area (TPSA) is 44.4 Å². The maximum atomic E-state index is 11.3. The zero-order valence-corrected chi connectivity index (χ0v) is 9.32. The highest BCUT2D eigenvalue weighted by Gasteiger charge is 2.35. The molecule has 0 saturated carbocycles. The highest BCUT2D eigenvalue weighted by atomic mass is 16.5. The van der Waals surface area contributed by atoms with Gasteiger partial charge in [0.05, 0.1) is 17.7 Å². The number of aromatic nitrogens is 1. The first-order chi connectivity index (χ1) is 7.60. The summed E-state index contributed by atoms with van der Waals surface area (Å²) in [5.41, 5.74) is 2.31. The SMILES string of the molecule is Cn1c(=O)oc2cc(C3(C)CCO3)ccc21. The molecular formula is C12H13NO3. The van der Waals surface area contributed by atoms with Crippen LogP contribution in [0.25, 0.3) is 11.1 Å². The van der Waals surface area contributed by atoms with Gasteiger partial charge in [0.15, 0.2) is 5.58 Å². The summed E-state index contributed by atoms with van der Waals surface area (Å²) in [6.07, 6.45) is 1.01. The smallest absolute Gasteiger partial charge is 0.408 e. The molecule has 1 aromatic heterocycles. The fourth-order valence-corrected chi connectivity index (χ4v) is 2.10. The summed E-state index contributed by atoms with van der Waals surface area (Å²) < 4.78 is 12.2. The van der Waals surface area contributed by atoms with E-state index in [1.54, 1.807) is 7.05 Å². The van der Waals surface area contributed by atoms with E-state index in [2.05, 4.69) is 6.92 Å². The fourth-order valence-electron chi connectivity index (χ4n) is 2.10. The van der Waals surface area contributed by atoms with Crippen LogP contribution in [0.4, 0.5) is 0 Å². The van der Waals surface area contributed by atoms with Crippen molar-refractivity contribution in [3.63, 3.8) is 0 Å². The first-order valence-electron chi connectivity index (χ1n) is 5.34. The lowest BCUT2D eigenvalue weighted by Crippen LogP contribution is -2.37. The van der Waals surface area contributed by atoms with Crippen molar-refractivity contribution in [2.45, 2.75) is 18.9 Å². The fraction of sp³-hybridized carbons (Fsp3) is 0.417. The molecule has 3 rings (SSSR count). The van der Waals surface area contributed by atoms with Crippen LogP contribution in [0.3, 0.4) is 0 Å². The second-order valence-corrected chi connectivity index (χ2v) is 4.44. The molecule has 1 atom stereocenters. The lowest BCUT2D eigenvalue weighted by Gasteiger charge is -2.39. The Morgan fingerprint density at radius 2 is 2.19 bits per heavy atom. The van der Waals surface area contributed by atoms with E-state index in [4.69, 9.17) is 9.15 Å². The van der Waals surface area contributed by atoms with Gasteiger partial charge in [0.1, 0.15) is 0 Å². The van der Waals surface area contributed by atoms with Gasteiger partial charge in [0.2, 0.25) is 0 Å². The molecule has 1 aliphatic rings. The number of hydrogen-bond acceptors (Lipinski definition) is 3. The molecule has 1 aliphatic heterocycles. The van der Waals surface area contributed by atoms with Crippen LogP contribution in [0.1, 0.15) is 18.9 Å². The van der Waals surface area contributed by atoms with Gasteiger partial charge in [-0.15, -0.1) is 0 Å². The third-order valence-corrected chi connectivity index (χ3v) is 3.40. The van der Waals surface area contributed by atoms with Crippen molar-refractivity contribution < 1.29 is 9.15 Å². The second kappa shape index (κ2) is 2.98. The molecule has 0 radical (unpaired) electrons. The van der Waals surface area contributed by atoms with E-state index >= 15 is 0 Å². The molecule has 4 heteroatoms. The van der Waals surface area contributed by atoms with E-state index < -0.39 is 0 Å². The van der Waals surface area contributed by atoms with Crippen LogP contribution in [-0.2, 0) is 17.4 Å². The Labute approximate surface area is 92.4 Å². The van der Waals surface area contributed by atoms with Gasteiger partial charge in [-0.05, 0) is 24.6 Å². The van der Waals surface area contributed by atoms with Crippen LogP contribution in [0, 0.1) is 0 Å². The molecule has 2 aromatic rings. The van der Waals surface area contributed by atoms with E-state index in [1.165, 1.54) is 4.57 Å². The minimum absolute atomic E-state index is 0.206. The van der Waals surface area contributed by atoms with E-state index in [1.807, 2.05) is 18.2 Å². The van der Waals surface area contributed by atoms with E-state index in [9.17, 15) is 4.79 Å². The lowest BCUT2D eigenvalue weighted by atomic mass is 9.88. The second-order valence-electron chi connectivity index (χ2n) is 4.44. The summed E-state index contributed by atoms with van der Waals surface area (Å²) in [5, 5.41) is 0. The molecule has 1 fully saturated rings.